The molecular weight excluding hydrogens is 280 g/mol. The van der Waals surface area contributed by atoms with E-state index in [0.717, 1.165) is 23.8 Å². The topological polar surface area (TPSA) is 32.3 Å². The molecule has 0 atom stereocenters. The molecule has 0 saturated heterocycles. The summed E-state index contributed by atoms with van der Waals surface area (Å²) in [4.78, 5) is 15.3. The number of likely N-dealkylation sites (N-methyl/N-ethyl adjacent to an activating group) is 1. The molecule has 1 N–H and O–H groups in total. The number of nitrogens with one attached hydrogen (secondary N) is 1. The lowest BCUT2D eigenvalue weighted by Gasteiger charge is -2.27. The summed E-state index contributed by atoms with van der Waals surface area (Å²) in [5.41, 5.74) is -0.136. The van der Waals surface area contributed by atoms with E-state index < -0.39 is 0 Å². The maximum absolute atomic E-state index is 12.0. The lowest BCUT2D eigenvalue weighted by atomic mass is 10.0. The molecule has 1 heterocycles. The molecular formula is C14H23ClN2OS. The number of hydrogen-bond acceptors (Lipinski definition) is 3. The molecule has 0 aliphatic carbocycles. The van der Waals surface area contributed by atoms with Gasteiger partial charge in [-0.05, 0) is 38.9 Å². The number of carbonyl (C=O) groups excluding carboxylic acids is 1. The summed E-state index contributed by atoms with van der Waals surface area (Å²) in [7, 11) is 0. The Morgan fingerprint density at radius 3 is 2.58 bits per heavy atom. The second kappa shape index (κ2) is 7.27. The maximum Gasteiger partial charge on any atom is 0.234 e. The van der Waals surface area contributed by atoms with Crippen molar-refractivity contribution in [3.05, 3.63) is 21.3 Å². The van der Waals surface area contributed by atoms with Gasteiger partial charge in [0.15, 0.2) is 0 Å². The van der Waals surface area contributed by atoms with Crippen molar-refractivity contribution in [2.75, 3.05) is 13.1 Å². The van der Waals surface area contributed by atoms with Crippen LogP contribution in [0.3, 0.4) is 0 Å². The van der Waals surface area contributed by atoms with Crippen LogP contribution in [-0.2, 0) is 11.3 Å². The van der Waals surface area contributed by atoms with Crippen molar-refractivity contribution >= 4 is 28.8 Å². The number of halogens is 1. The van der Waals surface area contributed by atoms with Gasteiger partial charge in [0.25, 0.3) is 0 Å². The van der Waals surface area contributed by atoms with E-state index in [2.05, 4.69) is 24.1 Å². The Morgan fingerprint density at radius 2 is 2.11 bits per heavy atom. The van der Waals surface area contributed by atoms with E-state index in [0.29, 0.717) is 6.54 Å². The molecule has 1 aromatic rings. The van der Waals surface area contributed by atoms with Gasteiger partial charge < -0.3 is 5.32 Å². The SMILES string of the molecule is CCN(CC(=O)NC(C)(C)CC)Cc1ccc(Cl)s1. The monoisotopic (exact) mass is 302 g/mol. The summed E-state index contributed by atoms with van der Waals surface area (Å²) in [6.07, 6.45) is 0.922. The first-order valence-electron chi connectivity index (χ1n) is 6.64. The summed E-state index contributed by atoms with van der Waals surface area (Å²) in [6.45, 7) is 10.3. The fourth-order valence-electron chi connectivity index (χ4n) is 1.65. The molecule has 0 unspecified atom stereocenters. The predicted octanol–water partition coefficient (Wildman–Crippen LogP) is 3.53. The zero-order chi connectivity index (χ0) is 14.5. The number of amides is 1. The highest BCUT2D eigenvalue weighted by Gasteiger charge is 2.19. The van der Waals surface area contributed by atoms with Gasteiger partial charge in [-0.25, -0.2) is 0 Å². The smallest absolute Gasteiger partial charge is 0.234 e. The highest BCUT2D eigenvalue weighted by Crippen LogP contribution is 2.22. The zero-order valence-corrected chi connectivity index (χ0v) is 13.7. The van der Waals surface area contributed by atoms with E-state index in [-0.39, 0.29) is 11.4 Å². The van der Waals surface area contributed by atoms with Crippen molar-refractivity contribution in [1.29, 1.82) is 0 Å². The van der Waals surface area contributed by atoms with Crippen molar-refractivity contribution in [2.24, 2.45) is 0 Å². The van der Waals surface area contributed by atoms with Crippen molar-refractivity contribution in [3.8, 4) is 0 Å². The molecule has 5 heteroatoms. The summed E-state index contributed by atoms with van der Waals surface area (Å²) in [6, 6.07) is 3.92. The van der Waals surface area contributed by atoms with Crippen LogP contribution in [0.4, 0.5) is 0 Å². The van der Waals surface area contributed by atoms with Crippen LogP contribution in [0.15, 0.2) is 12.1 Å². The van der Waals surface area contributed by atoms with Crippen LogP contribution >= 0.6 is 22.9 Å². The van der Waals surface area contributed by atoms with E-state index in [4.69, 9.17) is 11.6 Å². The fraction of sp³-hybridized carbons (Fsp3) is 0.643. The zero-order valence-electron chi connectivity index (χ0n) is 12.1. The summed E-state index contributed by atoms with van der Waals surface area (Å²) in [5, 5.41) is 3.06. The molecule has 1 aromatic heterocycles. The third-order valence-corrected chi connectivity index (χ3v) is 4.40. The van der Waals surface area contributed by atoms with Gasteiger partial charge in [-0.1, -0.05) is 25.4 Å². The molecule has 0 saturated carbocycles. The molecule has 0 spiro atoms. The average molecular weight is 303 g/mol. The third kappa shape index (κ3) is 5.93. The Labute approximate surface area is 124 Å². The Bertz CT molecular complexity index is 417. The van der Waals surface area contributed by atoms with E-state index in [1.165, 1.54) is 4.88 Å². The molecule has 3 nitrogen and oxygen atoms in total. The van der Waals surface area contributed by atoms with Gasteiger partial charge >= 0.3 is 0 Å². The molecule has 108 valence electrons. The van der Waals surface area contributed by atoms with Gasteiger partial charge in [0.1, 0.15) is 0 Å². The van der Waals surface area contributed by atoms with Crippen LogP contribution in [0.5, 0.6) is 0 Å². The van der Waals surface area contributed by atoms with E-state index in [9.17, 15) is 4.79 Å². The molecule has 0 fully saturated rings. The minimum Gasteiger partial charge on any atom is -0.350 e. The molecule has 0 bridgehead atoms. The normalized spacial score (nSPS) is 11.9. The Hall–Kier alpha value is -0.580. The standard InChI is InChI=1S/C14H23ClN2OS/c1-5-14(3,4)16-13(18)10-17(6-2)9-11-7-8-12(15)19-11/h7-8H,5-6,9-10H2,1-4H3,(H,16,18). The number of thiophene rings is 1. The lowest BCUT2D eigenvalue weighted by molar-refractivity contribution is -0.124. The Balaban J connectivity index is 2.50. The van der Waals surface area contributed by atoms with Crippen LogP contribution in [0.2, 0.25) is 4.34 Å². The second-order valence-electron chi connectivity index (χ2n) is 5.29. The quantitative estimate of drug-likeness (QED) is 0.835. The molecule has 19 heavy (non-hydrogen) atoms. The predicted molar refractivity (Wildman–Crippen MR) is 82.8 cm³/mol. The van der Waals surface area contributed by atoms with Crippen molar-refractivity contribution < 1.29 is 4.79 Å². The van der Waals surface area contributed by atoms with Gasteiger partial charge in [-0.15, -0.1) is 11.3 Å². The van der Waals surface area contributed by atoms with E-state index in [1.807, 2.05) is 26.0 Å². The number of carbonyl (C=O) groups is 1. The second-order valence-corrected chi connectivity index (χ2v) is 7.09. The molecule has 0 aliphatic rings. The fourth-order valence-corrected chi connectivity index (χ4v) is 2.78. The summed E-state index contributed by atoms with van der Waals surface area (Å²) in [5.74, 6) is 0.0800. The Morgan fingerprint density at radius 1 is 1.42 bits per heavy atom. The first kappa shape index (κ1) is 16.5. The number of hydrogen-bond donors (Lipinski definition) is 1. The van der Waals surface area contributed by atoms with E-state index >= 15 is 0 Å². The third-order valence-electron chi connectivity index (χ3n) is 3.18. The number of nitrogens with zero attached hydrogens (tertiary/aromatic N) is 1. The van der Waals surface area contributed by atoms with Crippen molar-refractivity contribution in [3.63, 3.8) is 0 Å². The van der Waals surface area contributed by atoms with Crippen molar-refractivity contribution in [1.82, 2.24) is 10.2 Å². The summed E-state index contributed by atoms with van der Waals surface area (Å²) >= 11 is 7.49. The molecule has 1 rings (SSSR count). The maximum atomic E-state index is 12.0. The molecule has 0 radical (unpaired) electrons. The van der Waals surface area contributed by atoms with Gasteiger partial charge in [-0.2, -0.15) is 0 Å². The average Bonchev–Trinajstić information content (AvgIpc) is 2.73. The molecule has 1 amide bonds. The van der Waals surface area contributed by atoms with Crippen LogP contribution in [-0.4, -0.2) is 29.4 Å². The first-order chi connectivity index (χ1) is 8.86. The van der Waals surface area contributed by atoms with Crippen LogP contribution in [0.1, 0.15) is 39.0 Å². The minimum atomic E-state index is -0.136. The highest BCUT2D eigenvalue weighted by molar-refractivity contribution is 7.16. The molecule has 0 aromatic carbocycles. The molecule has 0 aliphatic heterocycles. The van der Waals surface area contributed by atoms with Gasteiger partial charge in [-0.3, -0.25) is 9.69 Å². The summed E-state index contributed by atoms with van der Waals surface area (Å²) < 4.78 is 0.794. The van der Waals surface area contributed by atoms with Crippen molar-refractivity contribution in [2.45, 2.75) is 46.2 Å². The van der Waals surface area contributed by atoms with Crippen LogP contribution in [0.25, 0.3) is 0 Å². The van der Waals surface area contributed by atoms with E-state index in [1.54, 1.807) is 11.3 Å². The lowest BCUT2D eigenvalue weighted by Crippen LogP contribution is -2.47. The first-order valence-corrected chi connectivity index (χ1v) is 7.83. The van der Waals surface area contributed by atoms with Gasteiger partial charge in [0.2, 0.25) is 5.91 Å². The van der Waals surface area contributed by atoms with Crippen LogP contribution < -0.4 is 5.32 Å². The number of rotatable bonds is 7. The highest BCUT2D eigenvalue weighted by atomic mass is 35.5. The largest absolute Gasteiger partial charge is 0.350 e. The van der Waals surface area contributed by atoms with Gasteiger partial charge in [0.05, 0.1) is 10.9 Å². The van der Waals surface area contributed by atoms with Gasteiger partial charge in [0, 0.05) is 17.0 Å². The van der Waals surface area contributed by atoms with Crippen LogP contribution in [0, 0.1) is 0 Å². The minimum absolute atomic E-state index is 0.0800. The Kier molecular flexibility index (Phi) is 6.30.